The van der Waals surface area contributed by atoms with Gasteiger partial charge < -0.3 is 10.7 Å². The lowest BCUT2D eigenvalue weighted by molar-refractivity contribution is 1.21. The molecule has 0 aromatic carbocycles. The average molecular weight is 137 g/mol. The van der Waals surface area contributed by atoms with Crippen molar-refractivity contribution in [2.75, 3.05) is 5.73 Å². The van der Waals surface area contributed by atoms with Gasteiger partial charge in [-0.2, -0.15) is 0 Å². The highest BCUT2D eigenvalue weighted by Gasteiger charge is 1.99. The number of nitrogens with two attached hydrogens (primary N) is 1. The highest BCUT2D eigenvalue weighted by molar-refractivity contribution is 5.80. The van der Waals surface area contributed by atoms with E-state index < -0.39 is 0 Å². The molecule has 0 spiro atoms. The number of aromatic amines is 1. The van der Waals surface area contributed by atoms with Crippen LogP contribution in [-0.2, 0) is 0 Å². The van der Waals surface area contributed by atoms with E-state index in [1.165, 1.54) is 12.7 Å². The van der Waals surface area contributed by atoms with Crippen molar-refractivity contribution in [2.45, 2.75) is 0 Å². The third kappa shape index (κ3) is 0.540. The smallest absolute Gasteiger partial charge is 0.182 e. The van der Waals surface area contributed by atoms with Crippen molar-refractivity contribution >= 4 is 17.0 Å². The standard InChI is InChI=1S/C5H5N5/c6-4-3-5(9-1-7-3)10-2-8-4/h1-2H,(H3,6,7,8,9,10)/i2+2. The predicted molar refractivity (Wildman–Crippen MR) is 36.1 cm³/mol. The second-order valence-corrected chi connectivity index (χ2v) is 1.86. The molecule has 0 aliphatic rings. The lowest BCUT2D eigenvalue weighted by Crippen LogP contribution is -1.91. The summed E-state index contributed by atoms with van der Waals surface area (Å²) in [5, 5.41) is 0. The fourth-order valence-corrected chi connectivity index (χ4v) is 0.784. The molecule has 0 bridgehead atoms. The van der Waals surface area contributed by atoms with Crippen LogP contribution in [0.3, 0.4) is 0 Å². The molecule has 2 heterocycles. The van der Waals surface area contributed by atoms with E-state index in [1.807, 2.05) is 0 Å². The van der Waals surface area contributed by atoms with Crippen LogP contribution in [0.5, 0.6) is 0 Å². The average Bonchev–Trinajstić information content (AvgIpc) is 2.36. The molecule has 0 atom stereocenters. The topological polar surface area (TPSA) is 80.5 Å². The maximum atomic E-state index is 5.48. The van der Waals surface area contributed by atoms with Gasteiger partial charge in [0.1, 0.15) is 11.8 Å². The van der Waals surface area contributed by atoms with E-state index >= 15 is 0 Å². The molecule has 10 heavy (non-hydrogen) atoms. The summed E-state index contributed by atoms with van der Waals surface area (Å²) in [6, 6.07) is 0. The molecule has 0 saturated heterocycles. The zero-order valence-electron chi connectivity index (χ0n) is 5.07. The lowest BCUT2D eigenvalue weighted by Gasteiger charge is -1.89. The van der Waals surface area contributed by atoms with Gasteiger partial charge in [-0.25, -0.2) is 15.0 Å². The predicted octanol–water partition coefficient (Wildman–Crippen LogP) is -0.0649. The van der Waals surface area contributed by atoms with Crippen molar-refractivity contribution in [3.05, 3.63) is 12.7 Å². The first-order valence-corrected chi connectivity index (χ1v) is 2.77. The first-order chi connectivity index (χ1) is 4.88. The second-order valence-electron chi connectivity index (χ2n) is 1.86. The first kappa shape index (κ1) is 5.16. The Balaban J connectivity index is 2.95. The zero-order valence-corrected chi connectivity index (χ0v) is 5.07. The maximum Gasteiger partial charge on any atom is 0.182 e. The minimum absolute atomic E-state index is 0.433. The van der Waals surface area contributed by atoms with Crippen molar-refractivity contribution in [1.82, 2.24) is 19.9 Å². The van der Waals surface area contributed by atoms with Gasteiger partial charge in [0.15, 0.2) is 11.5 Å². The Morgan fingerprint density at radius 3 is 3.20 bits per heavy atom. The van der Waals surface area contributed by atoms with E-state index in [9.17, 15) is 0 Å². The maximum absolute atomic E-state index is 5.48. The molecule has 0 saturated carbocycles. The third-order valence-electron chi connectivity index (χ3n) is 1.25. The molecule has 0 amide bonds. The first-order valence-electron chi connectivity index (χ1n) is 2.77. The van der Waals surface area contributed by atoms with Crippen LogP contribution in [0.15, 0.2) is 12.7 Å². The van der Waals surface area contributed by atoms with Crippen LogP contribution in [0.4, 0.5) is 5.82 Å². The number of imidazole rings is 1. The Hall–Kier alpha value is -1.65. The monoisotopic (exact) mass is 137 g/mol. The summed E-state index contributed by atoms with van der Waals surface area (Å²) in [5.74, 6) is 0.433. The van der Waals surface area contributed by atoms with Crippen LogP contribution in [0.2, 0.25) is 0 Å². The van der Waals surface area contributed by atoms with E-state index in [2.05, 4.69) is 19.9 Å². The van der Waals surface area contributed by atoms with Crippen LogP contribution in [0.25, 0.3) is 11.2 Å². The number of nitrogen functional groups attached to an aromatic ring is 1. The quantitative estimate of drug-likeness (QED) is 0.532. The molecule has 0 radical (unpaired) electrons. The third-order valence-corrected chi connectivity index (χ3v) is 1.25. The van der Waals surface area contributed by atoms with Crippen molar-refractivity contribution < 1.29 is 0 Å². The van der Waals surface area contributed by atoms with Crippen molar-refractivity contribution in [3.8, 4) is 0 Å². The van der Waals surface area contributed by atoms with E-state index in [0.29, 0.717) is 17.0 Å². The SMILES string of the molecule is Nc1n[14cH]nc2nc[nH]c12. The molecule has 0 fully saturated rings. The van der Waals surface area contributed by atoms with Crippen LogP contribution in [-0.4, -0.2) is 19.9 Å². The molecule has 0 aliphatic heterocycles. The molecule has 50 valence electrons. The summed E-state index contributed by atoms with van der Waals surface area (Å²) < 4.78 is 0. The fraction of sp³-hybridized carbons (Fsp3) is 0. The molecular formula is C5H5N5. The van der Waals surface area contributed by atoms with Gasteiger partial charge in [-0.05, 0) is 0 Å². The molecule has 2 rings (SSSR count). The van der Waals surface area contributed by atoms with Gasteiger partial charge in [0.25, 0.3) is 0 Å². The number of nitrogens with zero attached hydrogens (tertiary/aromatic N) is 3. The fourth-order valence-electron chi connectivity index (χ4n) is 0.784. The molecule has 3 N–H and O–H groups in total. The molecule has 0 aliphatic carbocycles. The van der Waals surface area contributed by atoms with Gasteiger partial charge in [0, 0.05) is 0 Å². The summed E-state index contributed by atoms with van der Waals surface area (Å²) in [7, 11) is 0. The van der Waals surface area contributed by atoms with E-state index in [-0.39, 0.29) is 0 Å². The van der Waals surface area contributed by atoms with Gasteiger partial charge in [0.05, 0.1) is 6.33 Å². The Labute approximate surface area is 56.3 Å². The van der Waals surface area contributed by atoms with Gasteiger partial charge in [-0.3, -0.25) is 0 Å². The van der Waals surface area contributed by atoms with Crippen LogP contribution in [0.1, 0.15) is 0 Å². The van der Waals surface area contributed by atoms with Crippen molar-refractivity contribution in [2.24, 2.45) is 0 Å². The van der Waals surface area contributed by atoms with Gasteiger partial charge in [0.2, 0.25) is 0 Å². The second kappa shape index (κ2) is 1.66. The summed E-state index contributed by atoms with van der Waals surface area (Å²) in [4.78, 5) is 14.4. The van der Waals surface area contributed by atoms with Crippen LogP contribution in [0, 0.1) is 0 Å². The Bertz CT molecular complexity index is 352. The Morgan fingerprint density at radius 1 is 1.50 bits per heavy atom. The lowest BCUT2D eigenvalue weighted by atomic mass is 10.5. The van der Waals surface area contributed by atoms with Gasteiger partial charge >= 0.3 is 0 Å². The summed E-state index contributed by atoms with van der Waals surface area (Å²) >= 11 is 0. The molecule has 2 aromatic heterocycles. The summed E-state index contributed by atoms with van der Waals surface area (Å²) in [5.41, 5.74) is 6.78. The molecule has 5 nitrogen and oxygen atoms in total. The number of anilines is 1. The minimum Gasteiger partial charge on any atom is -0.382 e. The number of fused-ring (bicyclic) bond motifs is 1. The summed E-state index contributed by atoms with van der Waals surface area (Å²) in [6.07, 6.45) is 2.92. The normalized spacial score (nSPS) is 10.4. The summed E-state index contributed by atoms with van der Waals surface area (Å²) in [6.45, 7) is 0. The molecular weight excluding hydrogens is 132 g/mol. The van der Waals surface area contributed by atoms with Crippen LogP contribution >= 0.6 is 0 Å². The number of H-pyrrole nitrogens is 1. The molecule has 5 heteroatoms. The highest BCUT2D eigenvalue weighted by Crippen LogP contribution is 2.09. The van der Waals surface area contributed by atoms with E-state index in [0.717, 1.165) is 0 Å². The highest BCUT2D eigenvalue weighted by atomic mass is 15.3. The van der Waals surface area contributed by atoms with Crippen molar-refractivity contribution in [3.63, 3.8) is 0 Å². The van der Waals surface area contributed by atoms with Gasteiger partial charge in [-0.1, -0.05) is 0 Å². The number of hydrogen-bond donors (Lipinski definition) is 2. The van der Waals surface area contributed by atoms with E-state index in [1.54, 1.807) is 0 Å². The molecule has 2 aromatic rings. The van der Waals surface area contributed by atoms with Crippen LogP contribution < -0.4 is 5.73 Å². The molecule has 0 unspecified atom stereocenters. The largest absolute Gasteiger partial charge is 0.382 e. The number of rotatable bonds is 0. The van der Waals surface area contributed by atoms with Crippen molar-refractivity contribution in [1.29, 1.82) is 0 Å². The zero-order chi connectivity index (χ0) is 6.97. The van der Waals surface area contributed by atoms with Gasteiger partial charge in [-0.15, -0.1) is 0 Å². The Morgan fingerprint density at radius 2 is 2.40 bits per heavy atom. The minimum atomic E-state index is 0.433. The Kier molecular flexibility index (Phi) is 0.858. The number of aromatic nitrogens is 4. The van der Waals surface area contributed by atoms with E-state index in [4.69, 9.17) is 5.73 Å². The number of nitrogens with one attached hydrogen (secondary N) is 1. The number of hydrogen-bond acceptors (Lipinski definition) is 4.